The van der Waals surface area contributed by atoms with E-state index in [1.165, 1.54) is 5.56 Å². The maximum Gasteiger partial charge on any atom is 0.245 e. The van der Waals surface area contributed by atoms with E-state index in [0.29, 0.717) is 19.4 Å². The average molecular weight is 288 g/mol. The first kappa shape index (κ1) is 15.5. The summed E-state index contributed by atoms with van der Waals surface area (Å²) in [5.41, 5.74) is 0.529. The number of rotatable bonds is 5. The quantitative estimate of drug-likeness (QED) is 0.816. The van der Waals surface area contributed by atoms with Crippen LogP contribution in [0.15, 0.2) is 30.3 Å². The van der Waals surface area contributed by atoms with Gasteiger partial charge in [0.05, 0.1) is 0 Å². The number of amides is 2. The topological polar surface area (TPSA) is 58.2 Å². The van der Waals surface area contributed by atoms with Crippen molar-refractivity contribution in [2.75, 3.05) is 6.54 Å². The highest BCUT2D eigenvalue weighted by atomic mass is 16.2. The molecule has 1 aromatic rings. The second-order valence-corrected chi connectivity index (χ2v) is 5.93. The maximum absolute atomic E-state index is 12.3. The minimum atomic E-state index is -0.750. The summed E-state index contributed by atoms with van der Waals surface area (Å²) in [7, 11) is 0. The smallest absolute Gasteiger partial charge is 0.245 e. The molecule has 2 N–H and O–H groups in total. The molecule has 1 unspecified atom stereocenters. The van der Waals surface area contributed by atoms with Gasteiger partial charge in [0.1, 0.15) is 5.54 Å². The molecule has 1 aliphatic rings. The molecule has 1 aromatic carbocycles. The molecule has 1 fully saturated rings. The molecular weight excluding hydrogens is 264 g/mol. The molecule has 1 atom stereocenters. The normalized spacial score (nSPS) is 22.2. The number of carbonyl (C=O) groups excluding carboxylic acids is 2. The van der Waals surface area contributed by atoms with Crippen LogP contribution >= 0.6 is 0 Å². The van der Waals surface area contributed by atoms with E-state index < -0.39 is 5.54 Å². The van der Waals surface area contributed by atoms with E-state index >= 15 is 0 Å². The molecule has 0 saturated carbocycles. The number of hydrogen-bond acceptors (Lipinski definition) is 2. The second kappa shape index (κ2) is 7.25. The summed E-state index contributed by atoms with van der Waals surface area (Å²) in [6.45, 7) is 2.46. The van der Waals surface area contributed by atoms with Crippen molar-refractivity contribution in [3.05, 3.63) is 35.9 Å². The monoisotopic (exact) mass is 288 g/mol. The lowest BCUT2D eigenvalue weighted by Crippen LogP contribution is -2.56. The van der Waals surface area contributed by atoms with Gasteiger partial charge in [0.25, 0.3) is 0 Å². The predicted molar refractivity (Wildman–Crippen MR) is 82.8 cm³/mol. The van der Waals surface area contributed by atoms with Crippen LogP contribution in [0.3, 0.4) is 0 Å². The van der Waals surface area contributed by atoms with Gasteiger partial charge >= 0.3 is 0 Å². The molecule has 21 heavy (non-hydrogen) atoms. The van der Waals surface area contributed by atoms with E-state index in [2.05, 4.69) is 22.8 Å². The maximum atomic E-state index is 12.3. The molecule has 2 rings (SSSR count). The molecule has 0 radical (unpaired) electrons. The van der Waals surface area contributed by atoms with Gasteiger partial charge in [-0.3, -0.25) is 9.59 Å². The Morgan fingerprint density at radius 2 is 2.05 bits per heavy atom. The second-order valence-electron chi connectivity index (χ2n) is 5.93. The molecule has 1 saturated heterocycles. The van der Waals surface area contributed by atoms with Crippen LogP contribution in [0.4, 0.5) is 0 Å². The molecule has 0 spiro atoms. The summed E-state index contributed by atoms with van der Waals surface area (Å²) in [5, 5.41) is 5.82. The number of carbonyl (C=O) groups is 2. The fraction of sp³-hybridized carbons (Fsp3) is 0.529. The highest BCUT2D eigenvalue weighted by molar-refractivity contribution is 5.91. The number of benzene rings is 1. The SMILES string of the molecule is CC1(C(=O)NCCCc2ccccc2)CCCCC(=O)N1. The van der Waals surface area contributed by atoms with Gasteiger partial charge in [-0.25, -0.2) is 0 Å². The summed E-state index contributed by atoms with van der Waals surface area (Å²) in [4.78, 5) is 23.9. The third-order valence-electron chi connectivity index (χ3n) is 4.02. The molecular formula is C17H24N2O2. The Bertz CT molecular complexity index is 487. The largest absolute Gasteiger partial charge is 0.354 e. The molecule has 114 valence electrons. The van der Waals surface area contributed by atoms with Crippen molar-refractivity contribution in [2.24, 2.45) is 0 Å². The van der Waals surface area contributed by atoms with E-state index in [9.17, 15) is 9.59 Å². The van der Waals surface area contributed by atoms with Crippen molar-refractivity contribution in [1.29, 1.82) is 0 Å². The van der Waals surface area contributed by atoms with E-state index in [1.54, 1.807) is 0 Å². The third kappa shape index (κ3) is 4.59. The van der Waals surface area contributed by atoms with Crippen molar-refractivity contribution in [3.8, 4) is 0 Å². The van der Waals surface area contributed by atoms with Crippen molar-refractivity contribution >= 4 is 11.8 Å². The van der Waals surface area contributed by atoms with Crippen molar-refractivity contribution in [3.63, 3.8) is 0 Å². The van der Waals surface area contributed by atoms with Gasteiger partial charge in [0, 0.05) is 13.0 Å². The molecule has 1 aliphatic heterocycles. The van der Waals surface area contributed by atoms with E-state index in [4.69, 9.17) is 0 Å². The molecule has 1 heterocycles. The van der Waals surface area contributed by atoms with Crippen LogP contribution in [0.25, 0.3) is 0 Å². The van der Waals surface area contributed by atoms with E-state index in [0.717, 1.165) is 25.7 Å². The van der Waals surface area contributed by atoms with Gasteiger partial charge < -0.3 is 10.6 Å². The van der Waals surface area contributed by atoms with Crippen LogP contribution < -0.4 is 10.6 Å². The Labute approximate surface area is 126 Å². The zero-order valence-electron chi connectivity index (χ0n) is 12.7. The van der Waals surface area contributed by atoms with Crippen LogP contribution in [0.1, 0.15) is 44.6 Å². The van der Waals surface area contributed by atoms with Crippen molar-refractivity contribution < 1.29 is 9.59 Å². The first-order valence-electron chi connectivity index (χ1n) is 7.73. The first-order valence-corrected chi connectivity index (χ1v) is 7.73. The molecule has 2 amide bonds. The Hall–Kier alpha value is -1.84. The van der Waals surface area contributed by atoms with Crippen LogP contribution in [-0.4, -0.2) is 23.9 Å². The van der Waals surface area contributed by atoms with Crippen LogP contribution in [-0.2, 0) is 16.0 Å². The molecule has 0 aliphatic carbocycles. The standard InChI is InChI=1S/C17H24N2O2/c1-17(12-6-5-11-15(20)19-17)16(21)18-13-7-10-14-8-3-2-4-9-14/h2-4,8-9H,5-7,10-13H2,1H3,(H,18,21)(H,19,20). The zero-order valence-corrected chi connectivity index (χ0v) is 12.7. The van der Waals surface area contributed by atoms with Gasteiger partial charge in [-0.15, -0.1) is 0 Å². The lowest BCUT2D eigenvalue weighted by Gasteiger charge is -2.27. The minimum absolute atomic E-state index is 0.0190. The highest BCUT2D eigenvalue weighted by Crippen LogP contribution is 2.19. The third-order valence-corrected chi connectivity index (χ3v) is 4.02. The lowest BCUT2D eigenvalue weighted by atomic mass is 9.95. The summed E-state index contributed by atoms with van der Waals surface area (Å²) in [6.07, 6.45) is 4.86. The van der Waals surface area contributed by atoms with Crippen molar-refractivity contribution in [2.45, 2.75) is 51.0 Å². The van der Waals surface area contributed by atoms with E-state index in [-0.39, 0.29) is 11.8 Å². The Morgan fingerprint density at radius 3 is 2.81 bits per heavy atom. The Kier molecular flexibility index (Phi) is 5.37. The van der Waals surface area contributed by atoms with Crippen molar-refractivity contribution in [1.82, 2.24) is 10.6 Å². The molecule has 4 heteroatoms. The number of nitrogens with one attached hydrogen (secondary N) is 2. The molecule has 0 bridgehead atoms. The summed E-state index contributed by atoms with van der Waals surface area (Å²) in [6, 6.07) is 10.2. The molecule has 0 aromatic heterocycles. The predicted octanol–water partition coefficient (Wildman–Crippen LogP) is 2.18. The van der Waals surface area contributed by atoms with Crippen LogP contribution in [0, 0.1) is 0 Å². The van der Waals surface area contributed by atoms with Crippen LogP contribution in [0.2, 0.25) is 0 Å². The minimum Gasteiger partial charge on any atom is -0.354 e. The van der Waals surface area contributed by atoms with Gasteiger partial charge in [-0.1, -0.05) is 36.8 Å². The number of hydrogen-bond donors (Lipinski definition) is 2. The fourth-order valence-corrected chi connectivity index (χ4v) is 2.70. The van der Waals surface area contributed by atoms with Gasteiger partial charge in [-0.2, -0.15) is 0 Å². The van der Waals surface area contributed by atoms with Gasteiger partial charge in [0.2, 0.25) is 11.8 Å². The van der Waals surface area contributed by atoms with E-state index in [1.807, 2.05) is 25.1 Å². The highest BCUT2D eigenvalue weighted by Gasteiger charge is 2.35. The fourth-order valence-electron chi connectivity index (χ4n) is 2.70. The average Bonchev–Trinajstić information content (AvgIpc) is 2.66. The molecule has 4 nitrogen and oxygen atoms in total. The zero-order chi connectivity index (χ0) is 15.1. The Morgan fingerprint density at radius 1 is 1.29 bits per heavy atom. The van der Waals surface area contributed by atoms with Crippen LogP contribution in [0.5, 0.6) is 0 Å². The summed E-state index contributed by atoms with van der Waals surface area (Å²) < 4.78 is 0. The summed E-state index contributed by atoms with van der Waals surface area (Å²) >= 11 is 0. The lowest BCUT2D eigenvalue weighted by molar-refractivity contribution is -0.132. The first-order chi connectivity index (χ1) is 10.1. The van der Waals surface area contributed by atoms with Gasteiger partial charge in [0.15, 0.2) is 0 Å². The summed E-state index contributed by atoms with van der Waals surface area (Å²) in [5.74, 6) is -0.0831. The van der Waals surface area contributed by atoms with Gasteiger partial charge in [-0.05, 0) is 38.2 Å². The Balaban J connectivity index is 1.77. The number of aryl methyl sites for hydroxylation is 1.